The molecule has 0 atom stereocenters. The van der Waals surface area contributed by atoms with E-state index in [-0.39, 0.29) is 11.8 Å². The third-order valence-corrected chi connectivity index (χ3v) is 6.86. The first-order valence-corrected chi connectivity index (χ1v) is 11.8. The largest absolute Gasteiger partial charge is 0.351 e. The third-order valence-electron chi connectivity index (χ3n) is 5.05. The smallest absolute Gasteiger partial charge is 0.261 e. The normalized spacial score (nSPS) is 14.6. The van der Waals surface area contributed by atoms with E-state index in [0.29, 0.717) is 30.9 Å². The molecule has 3 heterocycles. The predicted molar refractivity (Wildman–Crippen MR) is 121 cm³/mol. The van der Waals surface area contributed by atoms with E-state index in [1.807, 2.05) is 34.5 Å². The minimum atomic E-state index is -0.110. The molecule has 0 saturated carbocycles. The van der Waals surface area contributed by atoms with Gasteiger partial charge < -0.3 is 10.2 Å². The van der Waals surface area contributed by atoms with Crippen molar-refractivity contribution >= 4 is 34.5 Å². The van der Waals surface area contributed by atoms with Crippen LogP contribution in [0, 0.1) is 0 Å². The molecule has 8 heteroatoms. The van der Waals surface area contributed by atoms with Crippen molar-refractivity contribution in [1.29, 1.82) is 0 Å². The molecule has 1 aliphatic heterocycles. The number of thiazole rings is 1. The van der Waals surface area contributed by atoms with E-state index in [0.717, 1.165) is 35.9 Å². The fourth-order valence-electron chi connectivity index (χ4n) is 3.41. The molecule has 1 fully saturated rings. The molecule has 30 heavy (non-hydrogen) atoms. The third kappa shape index (κ3) is 5.33. The Hall–Kier alpha value is -2.55. The molecule has 2 amide bonds. The Kier molecular flexibility index (Phi) is 6.88. The number of carbonyl (C=O) groups excluding carboxylic acids is 2. The van der Waals surface area contributed by atoms with Crippen LogP contribution in [0.3, 0.4) is 0 Å². The molecule has 0 radical (unpaired) electrons. The second kappa shape index (κ2) is 9.97. The molecule has 0 bridgehead atoms. The summed E-state index contributed by atoms with van der Waals surface area (Å²) in [7, 11) is 0. The van der Waals surface area contributed by atoms with Crippen molar-refractivity contribution in [1.82, 2.24) is 20.1 Å². The Morgan fingerprint density at radius 1 is 1.00 bits per heavy atom. The Morgan fingerprint density at radius 2 is 1.80 bits per heavy atom. The summed E-state index contributed by atoms with van der Waals surface area (Å²) in [6.45, 7) is 4.29. The van der Waals surface area contributed by atoms with Gasteiger partial charge in [0.1, 0.15) is 5.01 Å². The number of aromatic nitrogens is 1. The Morgan fingerprint density at radius 3 is 2.53 bits per heavy atom. The molecule has 4 rings (SSSR count). The van der Waals surface area contributed by atoms with Gasteiger partial charge in [0.15, 0.2) is 0 Å². The molecule has 1 saturated heterocycles. The van der Waals surface area contributed by atoms with E-state index in [1.54, 1.807) is 17.4 Å². The van der Waals surface area contributed by atoms with Crippen molar-refractivity contribution < 1.29 is 9.59 Å². The summed E-state index contributed by atoms with van der Waals surface area (Å²) in [5.74, 6) is -0.0121. The molecular weight excluding hydrogens is 416 g/mol. The molecule has 0 unspecified atom stereocenters. The zero-order chi connectivity index (χ0) is 20.8. The van der Waals surface area contributed by atoms with Crippen molar-refractivity contribution in [2.24, 2.45) is 0 Å². The minimum absolute atomic E-state index is 0.0983. The van der Waals surface area contributed by atoms with Crippen LogP contribution in [0.2, 0.25) is 0 Å². The van der Waals surface area contributed by atoms with Gasteiger partial charge in [0.05, 0.1) is 10.6 Å². The minimum Gasteiger partial charge on any atom is -0.351 e. The highest BCUT2D eigenvalue weighted by Crippen LogP contribution is 2.24. The quantitative estimate of drug-likeness (QED) is 0.612. The Balaban J connectivity index is 1.19. The molecule has 1 aliphatic rings. The van der Waals surface area contributed by atoms with Crippen molar-refractivity contribution in [3.63, 3.8) is 0 Å². The number of thiophene rings is 1. The van der Waals surface area contributed by atoms with E-state index >= 15 is 0 Å². The van der Waals surface area contributed by atoms with E-state index in [4.69, 9.17) is 4.98 Å². The van der Waals surface area contributed by atoms with Crippen LogP contribution in [0.1, 0.15) is 21.8 Å². The van der Waals surface area contributed by atoms with Gasteiger partial charge in [-0.2, -0.15) is 0 Å². The zero-order valence-electron chi connectivity index (χ0n) is 16.6. The van der Waals surface area contributed by atoms with Gasteiger partial charge in [-0.15, -0.1) is 22.7 Å². The summed E-state index contributed by atoms with van der Waals surface area (Å²) >= 11 is 3.07. The van der Waals surface area contributed by atoms with Crippen LogP contribution < -0.4 is 5.32 Å². The summed E-state index contributed by atoms with van der Waals surface area (Å²) in [5.41, 5.74) is 2.23. The number of benzene rings is 1. The van der Waals surface area contributed by atoms with E-state index < -0.39 is 0 Å². The van der Waals surface area contributed by atoms with Gasteiger partial charge >= 0.3 is 0 Å². The van der Waals surface area contributed by atoms with E-state index in [1.165, 1.54) is 11.3 Å². The van der Waals surface area contributed by atoms with Crippen LogP contribution in [0.4, 0.5) is 0 Å². The molecule has 6 nitrogen and oxygen atoms in total. The maximum Gasteiger partial charge on any atom is 0.261 e. The summed E-state index contributed by atoms with van der Waals surface area (Å²) in [5, 5.41) is 7.85. The average molecular weight is 441 g/mol. The fourth-order valence-corrected chi connectivity index (χ4v) is 4.87. The van der Waals surface area contributed by atoms with Crippen molar-refractivity contribution in [2.45, 2.75) is 13.0 Å². The number of piperazine rings is 1. The number of hydrogen-bond donors (Lipinski definition) is 1. The van der Waals surface area contributed by atoms with E-state index in [9.17, 15) is 9.59 Å². The van der Waals surface area contributed by atoms with Crippen LogP contribution in [0.25, 0.3) is 10.6 Å². The lowest BCUT2D eigenvalue weighted by molar-refractivity contribution is -0.132. The second-order valence-corrected chi connectivity index (χ2v) is 8.96. The van der Waals surface area contributed by atoms with Gasteiger partial charge in [-0.05, 0) is 11.4 Å². The Bertz CT molecular complexity index is 964. The summed E-state index contributed by atoms with van der Waals surface area (Å²) in [6, 6.07) is 13.9. The van der Waals surface area contributed by atoms with E-state index in [2.05, 4.69) is 27.7 Å². The summed E-state index contributed by atoms with van der Waals surface area (Å²) in [4.78, 5) is 34.0. The molecule has 3 aromatic rings. The number of hydrogen-bond acceptors (Lipinski definition) is 6. The predicted octanol–water partition coefficient (Wildman–Crippen LogP) is 3.34. The lowest BCUT2D eigenvalue weighted by atomic mass is 10.2. The van der Waals surface area contributed by atoms with Crippen LogP contribution >= 0.6 is 22.7 Å². The number of amides is 2. The number of nitrogens with one attached hydrogen (secondary N) is 1. The molecule has 0 spiro atoms. The fraction of sp³-hybridized carbons (Fsp3) is 0.318. The van der Waals surface area contributed by atoms with Gasteiger partial charge in [-0.3, -0.25) is 14.5 Å². The number of nitrogens with zero attached hydrogens (tertiary/aromatic N) is 3. The lowest BCUT2D eigenvalue weighted by Crippen LogP contribution is -2.48. The van der Waals surface area contributed by atoms with Crippen LogP contribution in [0.5, 0.6) is 0 Å². The standard InChI is InChI=1S/C22H24N4O2S2/c27-20(8-9-23-21(28)19-7-4-14-29-19)26-12-10-25(11-13-26)15-18-16-30-22(24-18)17-5-2-1-3-6-17/h1-7,14,16H,8-13,15H2,(H,23,28). The van der Waals surface area contributed by atoms with Gasteiger partial charge in [0, 0.05) is 56.6 Å². The molecule has 2 aromatic heterocycles. The first-order chi connectivity index (χ1) is 14.7. The molecule has 1 N–H and O–H groups in total. The molecule has 1 aromatic carbocycles. The van der Waals surface area contributed by atoms with Gasteiger partial charge in [-0.25, -0.2) is 4.98 Å². The monoisotopic (exact) mass is 440 g/mol. The first-order valence-electron chi connectivity index (χ1n) is 10.0. The lowest BCUT2D eigenvalue weighted by Gasteiger charge is -2.34. The maximum atomic E-state index is 12.4. The number of rotatable bonds is 7. The summed E-state index contributed by atoms with van der Waals surface area (Å²) in [6.07, 6.45) is 0.337. The first kappa shape index (κ1) is 20.7. The molecule has 0 aliphatic carbocycles. The van der Waals surface area contributed by atoms with Crippen molar-refractivity contribution in [3.05, 3.63) is 63.8 Å². The van der Waals surface area contributed by atoms with Crippen molar-refractivity contribution in [3.8, 4) is 10.6 Å². The van der Waals surface area contributed by atoms with Crippen molar-refractivity contribution in [2.75, 3.05) is 32.7 Å². The molecule has 156 valence electrons. The van der Waals surface area contributed by atoms with Crippen LogP contribution in [-0.2, 0) is 11.3 Å². The van der Waals surface area contributed by atoms with Gasteiger partial charge in [0.2, 0.25) is 5.91 Å². The highest BCUT2D eigenvalue weighted by molar-refractivity contribution is 7.13. The second-order valence-electron chi connectivity index (χ2n) is 7.15. The topological polar surface area (TPSA) is 65.5 Å². The van der Waals surface area contributed by atoms with Gasteiger partial charge in [-0.1, -0.05) is 36.4 Å². The van der Waals surface area contributed by atoms with Crippen LogP contribution in [0.15, 0.2) is 53.2 Å². The zero-order valence-corrected chi connectivity index (χ0v) is 18.3. The summed E-state index contributed by atoms with van der Waals surface area (Å²) < 4.78 is 0. The average Bonchev–Trinajstić information content (AvgIpc) is 3.47. The number of carbonyl (C=O) groups is 2. The highest BCUT2D eigenvalue weighted by Gasteiger charge is 2.21. The van der Waals surface area contributed by atoms with Gasteiger partial charge in [0.25, 0.3) is 5.91 Å². The maximum absolute atomic E-state index is 12.4. The van der Waals surface area contributed by atoms with Crippen LogP contribution in [-0.4, -0.2) is 59.3 Å². The Labute approximate surface area is 184 Å². The SMILES string of the molecule is O=C(NCCC(=O)N1CCN(Cc2csc(-c3ccccc3)n2)CC1)c1cccs1. The molecular formula is C22H24N4O2S2. The highest BCUT2D eigenvalue weighted by atomic mass is 32.1.